The SMILES string of the molecule is CNC1(c2ccc(OCCCN3CCCCC3)cc2)CCOCC1.Cl.Cl. The standard InChI is InChI=1S/C20H32N2O2.2ClH/c1-21-20(10-16-23-17-11-20)18-6-8-19(9-7-18)24-15-5-14-22-12-3-2-4-13-22;;/h6-9,21H,2-5,10-17H2,1H3;2*1H. The molecule has 1 aromatic carbocycles. The summed E-state index contributed by atoms with van der Waals surface area (Å²) in [6, 6.07) is 8.65. The Kier molecular flexibility index (Phi) is 10.9. The molecule has 0 spiro atoms. The van der Waals surface area contributed by atoms with Crippen molar-refractivity contribution in [3.63, 3.8) is 0 Å². The highest BCUT2D eigenvalue weighted by Crippen LogP contribution is 2.32. The second-order valence-electron chi connectivity index (χ2n) is 7.07. The number of ether oxygens (including phenoxy) is 2. The van der Waals surface area contributed by atoms with Gasteiger partial charge in [0.1, 0.15) is 5.75 Å². The smallest absolute Gasteiger partial charge is 0.119 e. The van der Waals surface area contributed by atoms with Crippen LogP contribution in [0.15, 0.2) is 24.3 Å². The van der Waals surface area contributed by atoms with Gasteiger partial charge in [-0.2, -0.15) is 0 Å². The van der Waals surface area contributed by atoms with Gasteiger partial charge in [-0.1, -0.05) is 18.6 Å². The number of benzene rings is 1. The van der Waals surface area contributed by atoms with E-state index in [4.69, 9.17) is 9.47 Å². The average Bonchev–Trinajstić information content (AvgIpc) is 2.67. The first-order chi connectivity index (χ1) is 11.8. The molecule has 2 saturated heterocycles. The van der Waals surface area contributed by atoms with Gasteiger partial charge >= 0.3 is 0 Å². The Labute approximate surface area is 170 Å². The largest absolute Gasteiger partial charge is 0.494 e. The molecule has 0 unspecified atom stereocenters. The number of hydrogen-bond donors (Lipinski definition) is 1. The molecular weight excluding hydrogens is 371 g/mol. The number of piperidine rings is 1. The lowest BCUT2D eigenvalue weighted by atomic mass is 9.83. The minimum absolute atomic E-state index is 0. The maximum atomic E-state index is 5.93. The third-order valence-corrected chi connectivity index (χ3v) is 5.57. The Hall–Kier alpha value is -0.520. The molecule has 26 heavy (non-hydrogen) atoms. The molecule has 2 aliphatic heterocycles. The zero-order valence-electron chi connectivity index (χ0n) is 15.9. The number of halogens is 2. The van der Waals surface area contributed by atoms with Crippen molar-refractivity contribution in [2.45, 2.75) is 44.1 Å². The van der Waals surface area contributed by atoms with E-state index in [1.165, 1.54) is 44.5 Å². The first-order valence-corrected chi connectivity index (χ1v) is 9.55. The molecule has 1 N–H and O–H groups in total. The first kappa shape index (κ1) is 23.5. The number of nitrogens with one attached hydrogen (secondary N) is 1. The Bertz CT molecular complexity index is 487. The van der Waals surface area contributed by atoms with Crippen molar-refractivity contribution >= 4 is 24.8 Å². The number of nitrogens with zero attached hydrogens (tertiary/aromatic N) is 1. The molecule has 0 aromatic heterocycles. The lowest BCUT2D eigenvalue weighted by molar-refractivity contribution is 0.0398. The van der Waals surface area contributed by atoms with E-state index in [9.17, 15) is 0 Å². The minimum Gasteiger partial charge on any atom is -0.494 e. The second-order valence-corrected chi connectivity index (χ2v) is 7.07. The second kappa shape index (κ2) is 12.0. The highest BCUT2D eigenvalue weighted by molar-refractivity contribution is 5.85. The van der Waals surface area contributed by atoms with Crippen LogP contribution < -0.4 is 10.1 Å². The summed E-state index contributed by atoms with van der Waals surface area (Å²) >= 11 is 0. The monoisotopic (exact) mass is 404 g/mol. The van der Waals surface area contributed by atoms with E-state index in [0.717, 1.165) is 44.8 Å². The highest BCUT2D eigenvalue weighted by Gasteiger charge is 2.32. The average molecular weight is 405 g/mol. The molecule has 0 bridgehead atoms. The molecule has 150 valence electrons. The first-order valence-electron chi connectivity index (χ1n) is 9.55. The fourth-order valence-corrected chi connectivity index (χ4v) is 3.93. The van der Waals surface area contributed by atoms with Crippen molar-refractivity contribution in [1.29, 1.82) is 0 Å². The molecule has 0 amide bonds. The molecule has 2 aliphatic rings. The van der Waals surface area contributed by atoms with Crippen LogP contribution in [-0.4, -0.2) is 51.4 Å². The molecule has 6 heteroatoms. The Morgan fingerprint density at radius 1 is 1.04 bits per heavy atom. The van der Waals surface area contributed by atoms with E-state index in [1.807, 2.05) is 0 Å². The molecule has 0 aliphatic carbocycles. The summed E-state index contributed by atoms with van der Waals surface area (Å²) in [5, 5.41) is 3.52. The third-order valence-electron chi connectivity index (χ3n) is 5.57. The summed E-state index contributed by atoms with van der Waals surface area (Å²) in [7, 11) is 2.05. The van der Waals surface area contributed by atoms with E-state index in [2.05, 4.69) is 41.5 Å². The third kappa shape index (κ3) is 6.28. The van der Waals surface area contributed by atoms with Gasteiger partial charge in [0.2, 0.25) is 0 Å². The van der Waals surface area contributed by atoms with Gasteiger partial charge in [0.15, 0.2) is 0 Å². The fourth-order valence-electron chi connectivity index (χ4n) is 3.93. The zero-order chi connectivity index (χ0) is 16.7. The van der Waals surface area contributed by atoms with Crippen molar-refractivity contribution in [2.24, 2.45) is 0 Å². The Morgan fingerprint density at radius 3 is 2.31 bits per heavy atom. The van der Waals surface area contributed by atoms with Crippen LogP contribution >= 0.6 is 24.8 Å². The van der Waals surface area contributed by atoms with E-state index in [0.29, 0.717) is 0 Å². The van der Waals surface area contributed by atoms with E-state index >= 15 is 0 Å². The number of likely N-dealkylation sites (tertiary alicyclic amines) is 1. The lowest BCUT2D eigenvalue weighted by Gasteiger charge is -2.37. The van der Waals surface area contributed by atoms with Crippen LogP contribution in [0.25, 0.3) is 0 Å². The van der Waals surface area contributed by atoms with E-state index in [-0.39, 0.29) is 30.4 Å². The molecule has 2 heterocycles. The number of rotatable bonds is 7. The zero-order valence-corrected chi connectivity index (χ0v) is 17.5. The fraction of sp³-hybridized carbons (Fsp3) is 0.700. The van der Waals surface area contributed by atoms with Crippen LogP contribution in [0.2, 0.25) is 0 Å². The van der Waals surface area contributed by atoms with Gasteiger partial charge in [0.05, 0.1) is 6.61 Å². The van der Waals surface area contributed by atoms with E-state index < -0.39 is 0 Å². The Balaban J connectivity index is 0.00000169. The lowest BCUT2D eigenvalue weighted by Crippen LogP contribution is -2.44. The molecule has 0 atom stereocenters. The van der Waals surface area contributed by atoms with Crippen LogP contribution in [0.1, 0.15) is 44.1 Å². The van der Waals surface area contributed by atoms with E-state index in [1.54, 1.807) is 0 Å². The van der Waals surface area contributed by atoms with Crippen molar-refractivity contribution in [3.05, 3.63) is 29.8 Å². The summed E-state index contributed by atoms with van der Waals surface area (Å²) in [5.74, 6) is 0.982. The molecule has 4 nitrogen and oxygen atoms in total. The molecule has 2 fully saturated rings. The van der Waals surface area contributed by atoms with Gasteiger partial charge in [0, 0.05) is 25.3 Å². The molecule has 3 rings (SSSR count). The molecule has 0 saturated carbocycles. The van der Waals surface area contributed by atoms with Crippen LogP contribution in [0.5, 0.6) is 5.75 Å². The van der Waals surface area contributed by atoms with Crippen molar-refractivity contribution in [2.75, 3.05) is 46.5 Å². The summed E-state index contributed by atoms with van der Waals surface area (Å²) in [6.45, 7) is 6.17. The topological polar surface area (TPSA) is 33.7 Å². The normalized spacial score (nSPS) is 19.9. The molecule has 1 aromatic rings. The maximum Gasteiger partial charge on any atom is 0.119 e. The van der Waals surface area contributed by atoms with Gasteiger partial charge in [-0.3, -0.25) is 0 Å². The minimum atomic E-state index is 0. The van der Waals surface area contributed by atoms with Crippen molar-refractivity contribution < 1.29 is 9.47 Å². The van der Waals surface area contributed by atoms with Gasteiger partial charge < -0.3 is 19.7 Å². The molecule has 0 radical (unpaired) electrons. The predicted octanol–water partition coefficient (Wildman–Crippen LogP) is 4.01. The summed E-state index contributed by atoms with van der Waals surface area (Å²) in [6.07, 6.45) is 7.29. The van der Waals surface area contributed by atoms with Crippen molar-refractivity contribution in [1.82, 2.24) is 10.2 Å². The quantitative estimate of drug-likeness (QED) is 0.695. The van der Waals surface area contributed by atoms with Gasteiger partial charge in [-0.05, 0) is 69.9 Å². The molecular formula is C20H34Cl2N2O2. The number of hydrogen-bond acceptors (Lipinski definition) is 4. The van der Waals surface area contributed by atoms with Gasteiger partial charge in [-0.15, -0.1) is 24.8 Å². The predicted molar refractivity (Wildman–Crippen MR) is 112 cm³/mol. The van der Waals surface area contributed by atoms with Gasteiger partial charge in [0.25, 0.3) is 0 Å². The van der Waals surface area contributed by atoms with Crippen LogP contribution in [0, 0.1) is 0 Å². The summed E-state index contributed by atoms with van der Waals surface area (Å²) in [5.41, 5.74) is 1.40. The van der Waals surface area contributed by atoms with Crippen molar-refractivity contribution in [3.8, 4) is 5.75 Å². The van der Waals surface area contributed by atoms with Crippen LogP contribution in [-0.2, 0) is 10.3 Å². The summed E-state index contributed by atoms with van der Waals surface area (Å²) < 4.78 is 11.5. The summed E-state index contributed by atoms with van der Waals surface area (Å²) in [4.78, 5) is 2.57. The Morgan fingerprint density at radius 2 is 1.69 bits per heavy atom. The van der Waals surface area contributed by atoms with Crippen LogP contribution in [0.3, 0.4) is 0 Å². The maximum absolute atomic E-state index is 5.93. The van der Waals surface area contributed by atoms with Gasteiger partial charge in [-0.25, -0.2) is 0 Å². The highest BCUT2D eigenvalue weighted by atomic mass is 35.5. The van der Waals surface area contributed by atoms with Crippen LogP contribution in [0.4, 0.5) is 0 Å².